The van der Waals surface area contributed by atoms with Crippen LogP contribution in [0.5, 0.6) is 0 Å². The van der Waals surface area contributed by atoms with E-state index in [1.807, 2.05) is 36.4 Å². The number of nitrogens with one attached hydrogen (secondary N) is 2. The minimum absolute atomic E-state index is 0.0248. The molecule has 0 bridgehead atoms. The van der Waals surface area contributed by atoms with Crippen molar-refractivity contribution in [2.45, 2.75) is 12.3 Å². The van der Waals surface area contributed by atoms with E-state index in [1.165, 1.54) is 18.2 Å². The Morgan fingerprint density at radius 3 is 2.29 bits per heavy atom. The van der Waals surface area contributed by atoms with Gasteiger partial charge in [0.15, 0.2) is 5.82 Å². The van der Waals surface area contributed by atoms with Crippen LogP contribution in [-0.2, 0) is 22.5 Å². The lowest BCUT2D eigenvalue weighted by atomic mass is 9.97. The molecule has 0 saturated heterocycles. The summed E-state index contributed by atoms with van der Waals surface area (Å²) in [4.78, 5) is 27.2. The number of aromatic nitrogens is 2. The summed E-state index contributed by atoms with van der Waals surface area (Å²) >= 11 is 16.9. The van der Waals surface area contributed by atoms with E-state index in [0.717, 1.165) is 21.6 Å². The SMILES string of the molecule is O=C(NCC(C(=O)Nc1ccccc1)c1ccc(Cl)c(Cl)c1)c1ccc(Cl)cc1N(c1nsnc1Cc1ccccc1)S(=O)O. The second kappa shape index (κ2) is 15.0. The number of para-hydroxylation sites is 1. The Kier molecular flexibility index (Phi) is 10.8. The summed E-state index contributed by atoms with van der Waals surface area (Å²) in [7, 11) is 0. The number of halogens is 3. The zero-order valence-corrected chi connectivity index (χ0v) is 27.1. The van der Waals surface area contributed by atoms with Gasteiger partial charge in [-0.15, -0.1) is 0 Å². The summed E-state index contributed by atoms with van der Waals surface area (Å²) in [5.41, 5.74) is 2.51. The molecule has 0 aliphatic rings. The van der Waals surface area contributed by atoms with Gasteiger partial charge >= 0.3 is 0 Å². The minimum atomic E-state index is -2.66. The highest BCUT2D eigenvalue weighted by atomic mass is 35.5. The van der Waals surface area contributed by atoms with Crippen LogP contribution in [0.4, 0.5) is 17.2 Å². The Hall–Kier alpha value is -3.84. The van der Waals surface area contributed by atoms with Crippen LogP contribution in [-0.4, -0.2) is 35.9 Å². The average molecular weight is 701 g/mol. The first-order valence-corrected chi connectivity index (χ1v) is 16.3. The first-order valence-electron chi connectivity index (χ1n) is 13.4. The second-order valence-electron chi connectivity index (χ2n) is 9.67. The van der Waals surface area contributed by atoms with E-state index in [2.05, 4.69) is 19.4 Å². The maximum Gasteiger partial charge on any atom is 0.268 e. The van der Waals surface area contributed by atoms with Crippen molar-refractivity contribution in [3.63, 3.8) is 0 Å². The number of anilines is 3. The molecule has 45 heavy (non-hydrogen) atoms. The topological polar surface area (TPSA) is 125 Å². The van der Waals surface area contributed by atoms with E-state index in [4.69, 9.17) is 34.8 Å². The summed E-state index contributed by atoms with van der Waals surface area (Å²) in [6.45, 7) is -0.142. The number of carbonyl (C=O) groups is 2. The molecule has 3 N–H and O–H groups in total. The lowest BCUT2D eigenvalue weighted by Gasteiger charge is -2.22. The molecule has 0 radical (unpaired) electrons. The third-order valence-electron chi connectivity index (χ3n) is 6.69. The highest BCUT2D eigenvalue weighted by molar-refractivity contribution is 7.81. The molecule has 2 atom stereocenters. The molecule has 0 aliphatic carbocycles. The molecule has 2 unspecified atom stereocenters. The molecule has 0 aliphatic heterocycles. The molecule has 1 heterocycles. The summed E-state index contributed by atoms with van der Waals surface area (Å²) < 4.78 is 32.9. The lowest BCUT2D eigenvalue weighted by molar-refractivity contribution is -0.117. The molecule has 5 rings (SSSR count). The van der Waals surface area contributed by atoms with Crippen molar-refractivity contribution in [1.82, 2.24) is 14.1 Å². The van der Waals surface area contributed by atoms with Gasteiger partial charge in [-0.25, -0.2) is 8.51 Å². The summed E-state index contributed by atoms with van der Waals surface area (Å²) in [6.07, 6.45) is 0.338. The Balaban J connectivity index is 1.44. The number of hydrogen-bond donors (Lipinski definition) is 3. The number of nitrogens with zero attached hydrogens (tertiary/aromatic N) is 3. The Labute approximate surface area is 280 Å². The van der Waals surface area contributed by atoms with Gasteiger partial charge in [0, 0.05) is 23.7 Å². The Morgan fingerprint density at radius 1 is 0.889 bits per heavy atom. The maximum absolute atomic E-state index is 13.7. The number of benzene rings is 4. The smallest absolute Gasteiger partial charge is 0.268 e. The largest absolute Gasteiger partial charge is 0.351 e. The van der Waals surface area contributed by atoms with Gasteiger partial charge in [-0.05, 0) is 53.6 Å². The fraction of sp³-hybridized carbons (Fsp3) is 0.0968. The first kappa shape index (κ1) is 32.6. The molecule has 14 heteroatoms. The fourth-order valence-corrected chi connectivity index (χ4v) is 6.21. The molecule has 0 spiro atoms. The zero-order chi connectivity index (χ0) is 31.9. The predicted molar refractivity (Wildman–Crippen MR) is 180 cm³/mol. The first-order chi connectivity index (χ1) is 21.7. The van der Waals surface area contributed by atoms with Crippen molar-refractivity contribution >= 4 is 86.8 Å². The van der Waals surface area contributed by atoms with Crippen LogP contribution in [0, 0.1) is 0 Å². The van der Waals surface area contributed by atoms with Crippen molar-refractivity contribution in [1.29, 1.82) is 0 Å². The molecule has 2 amide bonds. The van der Waals surface area contributed by atoms with E-state index in [-0.39, 0.29) is 33.7 Å². The summed E-state index contributed by atoms with van der Waals surface area (Å²) in [5.74, 6) is -1.78. The Morgan fingerprint density at radius 2 is 1.60 bits per heavy atom. The molecule has 0 fully saturated rings. The van der Waals surface area contributed by atoms with Crippen LogP contribution in [0.25, 0.3) is 0 Å². The van der Waals surface area contributed by atoms with Crippen molar-refractivity contribution in [3.05, 3.63) is 135 Å². The number of amides is 2. The van der Waals surface area contributed by atoms with Gasteiger partial charge in [-0.2, -0.15) is 8.75 Å². The van der Waals surface area contributed by atoms with Crippen molar-refractivity contribution in [3.8, 4) is 0 Å². The van der Waals surface area contributed by atoms with Crippen LogP contribution in [0.15, 0.2) is 97.1 Å². The van der Waals surface area contributed by atoms with Gasteiger partial charge in [-0.1, -0.05) is 89.4 Å². The van der Waals surface area contributed by atoms with E-state index in [1.54, 1.807) is 42.5 Å². The molecular formula is C31H24Cl3N5O4S2. The average Bonchev–Trinajstić information content (AvgIpc) is 3.47. The van der Waals surface area contributed by atoms with Crippen LogP contribution in [0.3, 0.4) is 0 Å². The number of hydrogen-bond acceptors (Lipinski definition) is 6. The van der Waals surface area contributed by atoms with Gasteiger partial charge in [0.25, 0.3) is 17.2 Å². The zero-order valence-electron chi connectivity index (χ0n) is 23.2. The van der Waals surface area contributed by atoms with E-state index in [0.29, 0.717) is 28.4 Å². The van der Waals surface area contributed by atoms with Gasteiger partial charge < -0.3 is 10.6 Å². The highest BCUT2D eigenvalue weighted by Crippen LogP contribution is 2.35. The monoisotopic (exact) mass is 699 g/mol. The highest BCUT2D eigenvalue weighted by Gasteiger charge is 2.29. The summed E-state index contributed by atoms with van der Waals surface area (Å²) in [5, 5.41) is 6.44. The molecule has 9 nitrogen and oxygen atoms in total. The van der Waals surface area contributed by atoms with Gasteiger partial charge in [0.1, 0.15) is 5.69 Å². The molecule has 1 aromatic heterocycles. The van der Waals surface area contributed by atoms with Crippen molar-refractivity contribution < 1.29 is 18.4 Å². The number of rotatable bonds is 11. The van der Waals surface area contributed by atoms with Crippen LogP contribution >= 0.6 is 46.5 Å². The third-order valence-corrected chi connectivity index (χ3v) is 8.91. The van der Waals surface area contributed by atoms with Crippen LogP contribution in [0.2, 0.25) is 15.1 Å². The van der Waals surface area contributed by atoms with Crippen LogP contribution < -0.4 is 14.9 Å². The molecule has 5 aromatic rings. The second-order valence-corrected chi connectivity index (χ2v) is 12.3. The normalized spacial score (nSPS) is 12.3. The van der Waals surface area contributed by atoms with Crippen molar-refractivity contribution in [2.24, 2.45) is 0 Å². The van der Waals surface area contributed by atoms with Crippen LogP contribution in [0.1, 0.15) is 33.1 Å². The van der Waals surface area contributed by atoms with Gasteiger partial charge in [-0.3, -0.25) is 14.1 Å². The Bertz CT molecular complexity index is 1840. The lowest BCUT2D eigenvalue weighted by Crippen LogP contribution is -2.35. The predicted octanol–water partition coefficient (Wildman–Crippen LogP) is 7.52. The minimum Gasteiger partial charge on any atom is -0.351 e. The van der Waals surface area contributed by atoms with Gasteiger partial charge in [0.05, 0.1) is 38.9 Å². The molecule has 4 aromatic carbocycles. The fourth-order valence-electron chi connectivity index (χ4n) is 4.53. The van der Waals surface area contributed by atoms with E-state index >= 15 is 0 Å². The summed E-state index contributed by atoms with van der Waals surface area (Å²) in [6, 6.07) is 27.4. The molecule has 230 valence electrons. The van der Waals surface area contributed by atoms with Crippen molar-refractivity contribution in [2.75, 3.05) is 16.2 Å². The quantitative estimate of drug-likeness (QED) is 0.123. The number of carbonyl (C=O) groups excluding carboxylic acids is 2. The van der Waals surface area contributed by atoms with E-state index < -0.39 is 29.0 Å². The third kappa shape index (κ3) is 8.06. The maximum atomic E-state index is 13.7. The standard InChI is InChI=1S/C31H24Cl3N5O4S2/c32-21-12-13-23(28(17-21)39(45(42)43)29-27(37-44-38-29)15-19-7-3-1-4-8-19)30(40)35-18-24(20-11-14-25(33)26(34)16-20)31(41)36-22-9-5-2-6-10-22/h1-14,16-17,24H,15,18H2,(H,35,40)(H,36,41)(H,42,43). The van der Waals surface area contributed by atoms with E-state index in [9.17, 15) is 18.4 Å². The molecular weight excluding hydrogens is 677 g/mol. The van der Waals surface area contributed by atoms with Gasteiger partial charge in [0.2, 0.25) is 5.91 Å². The molecule has 0 saturated carbocycles.